The summed E-state index contributed by atoms with van der Waals surface area (Å²) >= 11 is 0. The Kier molecular flexibility index (Phi) is 2.04. The molecule has 0 aromatic rings. The van der Waals surface area contributed by atoms with Crippen molar-refractivity contribution in [3.8, 4) is 0 Å². The number of nitrogens with two attached hydrogens (primary N) is 1. The molecule has 1 aliphatic heterocycles. The smallest absolute Gasteiger partial charge is 0.121 e. The lowest BCUT2D eigenvalue weighted by molar-refractivity contribution is 0.393. The van der Waals surface area contributed by atoms with E-state index < -0.39 is 0 Å². The van der Waals surface area contributed by atoms with Crippen LogP contribution < -0.4 is 5.84 Å². The van der Waals surface area contributed by atoms with Crippen LogP contribution in [0.4, 0.5) is 0 Å². The topological polar surface area (TPSA) is 32.0 Å². The molecule has 2 rings (SSSR count). The van der Waals surface area contributed by atoms with Crippen LogP contribution in [-0.4, -0.2) is 16.8 Å². The third-order valence-electron chi connectivity index (χ3n) is 1.99. The van der Waals surface area contributed by atoms with E-state index in [0.29, 0.717) is 0 Å². The zero-order valence-electron chi connectivity index (χ0n) is 7.64. The van der Waals surface area contributed by atoms with Gasteiger partial charge in [-0.1, -0.05) is 36.0 Å². The molecule has 1 heterocycles. The van der Waals surface area contributed by atoms with Crippen molar-refractivity contribution in [2.75, 3.05) is 6.67 Å². The molecule has 2 aliphatic rings. The van der Waals surface area contributed by atoms with Gasteiger partial charge in [-0.3, -0.25) is 5.01 Å². The molecule has 0 saturated carbocycles. The summed E-state index contributed by atoms with van der Waals surface area (Å²) in [7, 11) is 0. The van der Waals surface area contributed by atoms with Gasteiger partial charge in [-0.25, -0.2) is 5.84 Å². The second-order valence-corrected chi connectivity index (χ2v) is 3.26. The van der Waals surface area contributed by atoms with E-state index in [1.807, 2.05) is 23.4 Å². The van der Waals surface area contributed by atoms with Gasteiger partial charge in [0.25, 0.3) is 0 Å². The molecule has 0 amide bonds. The second-order valence-electron chi connectivity index (χ2n) is 3.26. The predicted molar refractivity (Wildman–Crippen MR) is 52.9 cm³/mol. The van der Waals surface area contributed by atoms with Crippen LogP contribution in [0, 0.1) is 0 Å². The van der Waals surface area contributed by atoms with Crippen LogP contribution in [0.2, 0.25) is 0 Å². The van der Waals surface area contributed by atoms with E-state index in [2.05, 4.69) is 25.2 Å². The molecule has 1 aliphatic carbocycles. The molecule has 1 unspecified atom stereocenters. The van der Waals surface area contributed by atoms with Crippen LogP contribution in [0.1, 0.15) is 6.92 Å². The Bertz CT molecular complexity index is 323. The van der Waals surface area contributed by atoms with Gasteiger partial charge in [-0.05, 0) is 12.5 Å². The Labute approximate surface area is 78.1 Å². The summed E-state index contributed by atoms with van der Waals surface area (Å²) in [6, 6.07) is 0. The SMILES string of the molecule is CC1=C/C(=C\N2CN2N)C=CC=C1. The van der Waals surface area contributed by atoms with Gasteiger partial charge in [0.1, 0.15) is 6.67 Å². The van der Waals surface area contributed by atoms with Gasteiger partial charge in [0.05, 0.1) is 0 Å². The van der Waals surface area contributed by atoms with Crippen molar-refractivity contribution in [2.45, 2.75) is 6.92 Å². The van der Waals surface area contributed by atoms with Crippen LogP contribution in [0.15, 0.2) is 47.7 Å². The zero-order chi connectivity index (χ0) is 9.26. The van der Waals surface area contributed by atoms with Gasteiger partial charge < -0.3 is 0 Å². The Balaban J connectivity index is 2.15. The maximum atomic E-state index is 5.51. The van der Waals surface area contributed by atoms with Gasteiger partial charge in [-0.15, -0.1) is 5.12 Å². The van der Waals surface area contributed by atoms with Crippen molar-refractivity contribution < 1.29 is 0 Å². The monoisotopic (exact) mass is 175 g/mol. The molecular weight excluding hydrogens is 162 g/mol. The minimum atomic E-state index is 0.817. The molecular formula is C10H13N3. The first kappa shape index (κ1) is 8.29. The summed E-state index contributed by atoms with van der Waals surface area (Å²) in [5.74, 6) is 5.51. The molecule has 2 N–H and O–H groups in total. The number of allylic oxidation sites excluding steroid dienone is 7. The van der Waals surface area contributed by atoms with E-state index in [1.165, 1.54) is 11.1 Å². The quantitative estimate of drug-likeness (QED) is 0.481. The number of rotatable bonds is 1. The fourth-order valence-corrected chi connectivity index (χ4v) is 1.22. The Hall–Kier alpha value is -1.32. The number of nitrogens with zero attached hydrogens (tertiary/aromatic N) is 2. The van der Waals surface area contributed by atoms with Crippen molar-refractivity contribution in [2.24, 2.45) is 5.84 Å². The highest BCUT2D eigenvalue weighted by molar-refractivity contribution is 5.41. The lowest BCUT2D eigenvalue weighted by atomic mass is 10.2. The van der Waals surface area contributed by atoms with Crippen molar-refractivity contribution in [3.05, 3.63) is 47.7 Å². The zero-order valence-corrected chi connectivity index (χ0v) is 7.64. The third kappa shape index (κ3) is 2.08. The first-order chi connectivity index (χ1) is 6.25. The fraction of sp³-hybridized carbons (Fsp3) is 0.200. The van der Waals surface area contributed by atoms with Crippen molar-refractivity contribution in [3.63, 3.8) is 0 Å². The van der Waals surface area contributed by atoms with Crippen molar-refractivity contribution >= 4 is 0 Å². The number of hydrogen-bond acceptors (Lipinski definition) is 3. The standard InChI is InChI=1S/C10H13N3/c1-9-4-2-3-5-10(6-9)7-12-8-13(12)11/h2-7H,8,11H2,1H3/b10-7-. The molecule has 1 atom stereocenters. The minimum absolute atomic E-state index is 0.817. The number of hydrazine groups is 2. The van der Waals surface area contributed by atoms with Gasteiger partial charge in [-0.2, -0.15) is 0 Å². The van der Waals surface area contributed by atoms with E-state index in [1.54, 1.807) is 5.12 Å². The summed E-state index contributed by atoms with van der Waals surface area (Å²) in [4.78, 5) is 0. The fourth-order valence-electron chi connectivity index (χ4n) is 1.22. The normalized spacial score (nSPS) is 29.1. The Morgan fingerprint density at radius 1 is 1.38 bits per heavy atom. The lowest BCUT2D eigenvalue weighted by Crippen LogP contribution is -2.09. The molecule has 68 valence electrons. The highest BCUT2D eigenvalue weighted by Gasteiger charge is 2.23. The predicted octanol–water partition coefficient (Wildman–Crippen LogP) is 1.31. The molecule has 13 heavy (non-hydrogen) atoms. The summed E-state index contributed by atoms with van der Waals surface area (Å²) in [6.07, 6.45) is 12.4. The van der Waals surface area contributed by atoms with Crippen LogP contribution in [0.5, 0.6) is 0 Å². The Morgan fingerprint density at radius 3 is 2.77 bits per heavy atom. The maximum absolute atomic E-state index is 5.51. The summed E-state index contributed by atoms with van der Waals surface area (Å²) in [5, 5.41) is 3.61. The molecule has 0 bridgehead atoms. The van der Waals surface area contributed by atoms with Crippen molar-refractivity contribution in [1.82, 2.24) is 10.1 Å². The van der Waals surface area contributed by atoms with E-state index in [0.717, 1.165) is 6.67 Å². The molecule has 0 radical (unpaired) electrons. The minimum Gasteiger partial charge on any atom is -0.280 e. The average molecular weight is 175 g/mol. The maximum Gasteiger partial charge on any atom is 0.121 e. The van der Waals surface area contributed by atoms with E-state index in [4.69, 9.17) is 5.84 Å². The molecule has 1 fully saturated rings. The molecule has 0 aromatic heterocycles. The van der Waals surface area contributed by atoms with Crippen LogP contribution in [0.25, 0.3) is 0 Å². The first-order valence-electron chi connectivity index (χ1n) is 4.29. The highest BCUT2D eigenvalue weighted by Crippen LogP contribution is 2.15. The summed E-state index contributed by atoms with van der Waals surface area (Å²) in [6.45, 7) is 2.90. The second kappa shape index (κ2) is 3.20. The molecule has 3 heteroatoms. The van der Waals surface area contributed by atoms with Gasteiger partial charge in [0.15, 0.2) is 0 Å². The average Bonchev–Trinajstić information content (AvgIpc) is 2.78. The molecule has 1 saturated heterocycles. The van der Waals surface area contributed by atoms with E-state index >= 15 is 0 Å². The van der Waals surface area contributed by atoms with E-state index in [9.17, 15) is 0 Å². The summed E-state index contributed by atoms with van der Waals surface area (Å²) < 4.78 is 0. The summed E-state index contributed by atoms with van der Waals surface area (Å²) in [5.41, 5.74) is 2.43. The third-order valence-corrected chi connectivity index (χ3v) is 1.99. The van der Waals surface area contributed by atoms with Crippen LogP contribution in [0.3, 0.4) is 0 Å². The molecule has 0 spiro atoms. The Morgan fingerprint density at radius 2 is 2.08 bits per heavy atom. The van der Waals surface area contributed by atoms with E-state index in [-0.39, 0.29) is 0 Å². The lowest BCUT2D eigenvalue weighted by Gasteiger charge is -1.97. The van der Waals surface area contributed by atoms with Crippen LogP contribution in [-0.2, 0) is 0 Å². The highest BCUT2D eigenvalue weighted by atomic mass is 15.9. The largest absolute Gasteiger partial charge is 0.280 e. The number of hydrogen-bond donors (Lipinski definition) is 1. The first-order valence-corrected chi connectivity index (χ1v) is 4.29. The van der Waals surface area contributed by atoms with Crippen molar-refractivity contribution in [1.29, 1.82) is 0 Å². The van der Waals surface area contributed by atoms with Gasteiger partial charge in [0, 0.05) is 6.20 Å². The van der Waals surface area contributed by atoms with Crippen LogP contribution >= 0.6 is 0 Å². The van der Waals surface area contributed by atoms with Gasteiger partial charge in [0.2, 0.25) is 0 Å². The molecule has 0 aromatic carbocycles. The molecule has 3 nitrogen and oxygen atoms in total. The van der Waals surface area contributed by atoms with Gasteiger partial charge >= 0.3 is 0 Å².